The first-order chi connectivity index (χ1) is 16.4. The van der Waals surface area contributed by atoms with Crippen LogP contribution in [0.15, 0.2) is 34.7 Å². The van der Waals surface area contributed by atoms with Crippen LogP contribution in [-0.2, 0) is 6.54 Å². The van der Waals surface area contributed by atoms with Crippen molar-refractivity contribution in [3.05, 3.63) is 35.9 Å². The van der Waals surface area contributed by atoms with E-state index in [0.717, 1.165) is 38.0 Å². The molecule has 1 aromatic heterocycles. The lowest BCUT2D eigenvalue weighted by molar-refractivity contribution is 0.144. The van der Waals surface area contributed by atoms with Crippen LogP contribution < -0.4 is 25.3 Å². The number of nitrogens with one attached hydrogen (secondary N) is 1. The van der Waals surface area contributed by atoms with E-state index in [1.165, 1.54) is 6.07 Å². The maximum Gasteiger partial charge on any atom is 0.511 e. The zero-order chi connectivity index (χ0) is 24.1. The standard InChI is InChI=1S/C24H30N4O6/c1-3-31-20-11-15(12-21(22(20)25)32-4-2)14-28-9-7-16(8-10-28)26-23-27-18-6-5-17(33-24(29)30)13-19(18)34-23/h5-6,11-13,16H,3-4,7-10,14,25H2,1-2H3,(H,26,27)(H,29,30). The fourth-order valence-electron chi connectivity index (χ4n) is 4.10. The van der Waals surface area contributed by atoms with Crippen LogP contribution >= 0.6 is 0 Å². The van der Waals surface area contributed by atoms with Crippen LogP contribution in [0.1, 0.15) is 32.3 Å². The van der Waals surface area contributed by atoms with Crippen LogP contribution in [-0.4, -0.2) is 53.5 Å². The van der Waals surface area contributed by atoms with Crippen molar-refractivity contribution in [1.29, 1.82) is 0 Å². The topological polar surface area (TPSA) is 132 Å². The molecule has 0 bridgehead atoms. The Morgan fingerprint density at radius 2 is 1.85 bits per heavy atom. The number of piperidine rings is 1. The smallest absolute Gasteiger partial charge is 0.492 e. The Balaban J connectivity index is 1.35. The van der Waals surface area contributed by atoms with Gasteiger partial charge in [-0.25, -0.2) is 4.79 Å². The first-order valence-electron chi connectivity index (χ1n) is 11.4. The summed E-state index contributed by atoms with van der Waals surface area (Å²) in [4.78, 5) is 17.5. The minimum Gasteiger partial charge on any atom is -0.492 e. The van der Waals surface area contributed by atoms with E-state index >= 15 is 0 Å². The fraction of sp³-hybridized carbons (Fsp3) is 0.417. The van der Waals surface area contributed by atoms with Crippen LogP contribution in [0, 0.1) is 0 Å². The highest BCUT2D eigenvalue weighted by Gasteiger charge is 2.22. The number of anilines is 2. The maximum absolute atomic E-state index is 10.7. The van der Waals surface area contributed by atoms with Crippen molar-refractivity contribution in [3.63, 3.8) is 0 Å². The first kappa shape index (κ1) is 23.5. The van der Waals surface area contributed by atoms with Gasteiger partial charge in [0, 0.05) is 31.7 Å². The number of aromatic nitrogens is 1. The number of benzene rings is 2. The van der Waals surface area contributed by atoms with Crippen molar-refractivity contribution in [3.8, 4) is 17.2 Å². The van der Waals surface area contributed by atoms with Crippen molar-refractivity contribution in [1.82, 2.24) is 9.88 Å². The molecule has 3 aromatic rings. The molecule has 1 saturated heterocycles. The number of rotatable bonds is 9. The van der Waals surface area contributed by atoms with Crippen LogP contribution in [0.5, 0.6) is 17.2 Å². The molecule has 0 spiro atoms. The molecule has 1 aliphatic heterocycles. The number of oxazole rings is 1. The lowest BCUT2D eigenvalue weighted by Gasteiger charge is -2.32. The summed E-state index contributed by atoms with van der Waals surface area (Å²) in [6, 6.07) is 9.37. The molecule has 0 unspecified atom stereocenters. The number of nitrogen functional groups attached to an aromatic ring is 1. The van der Waals surface area contributed by atoms with Gasteiger partial charge in [-0.3, -0.25) is 4.90 Å². The van der Waals surface area contributed by atoms with Gasteiger partial charge in [-0.1, -0.05) is 0 Å². The second-order valence-electron chi connectivity index (χ2n) is 8.08. The fourth-order valence-corrected chi connectivity index (χ4v) is 4.10. The lowest BCUT2D eigenvalue weighted by atomic mass is 10.0. The van der Waals surface area contributed by atoms with Crippen molar-refractivity contribution >= 4 is 29.0 Å². The number of carbonyl (C=O) groups is 1. The van der Waals surface area contributed by atoms with Gasteiger partial charge in [-0.05, 0) is 56.5 Å². The monoisotopic (exact) mass is 470 g/mol. The molecule has 4 rings (SSSR count). The Hall–Kier alpha value is -3.66. The van der Waals surface area contributed by atoms with Gasteiger partial charge >= 0.3 is 6.16 Å². The zero-order valence-electron chi connectivity index (χ0n) is 19.4. The zero-order valence-corrected chi connectivity index (χ0v) is 19.4. The third kappa shape index (κ3) is 5.63. The predicted molar refractivity (Wildman–Crippen MR) is 128 cm³/mol. The summed E-state index contributed by atoms with van der Waals surface area (Å²) in [5.41, 5.74) is 8.93. The summed E-state index contributed by atoms with van der Waals surface area (Å²) in [5.74, 6) is 1.51. The molecular weight excluding hydrogens is 440 g/mol. The average Bonchev–Trinajstić information content (AvgIpc) is 3.19. The van der Waals surface area contributed by atoms with Gasteiger partial charge in [0.2, 0.25) is 0 Å². The van der Waals surface area contributed by atoms with Gasteiger partial charge in [-0.2, -0.15) is 4.98 Å². The SMILES string of the molecule is CCOc1cc(CN2CCC(Nc3nc4ccc(OC(=O)O)cc4o3)CC2)cc(OCC)c1N. The largest absolute Gasteiger partial charge is 0.511 e. The summed E-state index contributed by atoms with van der Waals surface area (Å²) < 4.78 is 21.8. The second-order valence-corrected chi connectivity index (χ2v) is 8.08. The van der Waals surface area contributed by atoms with E-state index in [9.17, 15) is 4.79 Å². The van der Waals surface area contributed by atoms with Gasteiger partial charge < -0.3 is 34.8 Å². The first-order valence-corrected chi connectivity index (χ1v) is 11.4. The molecule has 10 heteroatoms. The van der Waals surface area contributed by atoms with E-state index in [0.29, 0.717) is 47.5 Å². The van der Waals surface area contributed by atoms with Crippen LogP contribution in [0.3, 0.4) is 0 Å². The summed E-state index contributed by atoms with van der Waals surface area (Å²) in [6.07, 6.45) is 0.487. The number of hydrogen-bond acceptors (Lipinski definition) is 9. The minimum atomic E-state index is -1.37. The lowest BCUT2D eigenvalue weighted by Crippen LogP contribution is -2.38. The molecule has 10 nitrogen and oxygen atoms in total. The minimum absolute atomic E-state index is 0.193. The Labute approximate surface area is 197 Å². The summed E-state index contributed by atoms with van der Waals surface area (Å²) in [5, 5.41) is 12.1. The van der Waals surface area contributed by atoms with E-state index in [1.807, 2.05) is 26.0 Å². The molecule has 182 valence electrons. The van der Waals surface area contributed by atoms with E-state index in [4.69, 9.17) is 24.7 Å². The number of hydrogen-bond donors (Lipinski definition) is 3. The molecule has 2 aromatic carbocycles. The number of fused-ring (bicyclic) bond motifs is 1. The van der Waals surface area contributed by atoms with Crippen LogP contribution in [0.4, 0.5) is 16.5 Å². The molecule has 0 amide bonds. The molecule has 0 radical (unpaired) electrons. The van der Waals surface area contributed by atoms with Crippen molar-refractivity contribution < 1.29 is 28.5 Å². The maximum atomic E-state index is 10.7. The van der Waals surface area contributed by atoms with Crippen LogP contribution in [0.25, 0.3) is 11.1 Å². The van der Waals surface area contributed by atoms with Crippen molar-refractivity contribution in [2.24, 2.45) is 0 Å². The number of likely N-dealkylation sites (tertiary alicyclic amines) is 1. The Kier molecular flexibility index (Phi) is 7.27. The van der Waals surface area contributed by atoms with E-state index in [1.54, 1.807) is 12.1 Å². The third-order valence-corrected chi connectivity index (χ3v) is 5.65. The number of nitrogens with zero attached hydrogens (tertiary/aromatic N) is 2. The van der Waals surface area contributed by atoms with Gasteiger partial charge in [0.15, 0.2) is 5.58 Å². The Morgan fingerprint density at radius 3 is 2.47 bits per heavy atom. The third-order valence-electron chi connectivity index (χ3n) is 5.65. The molecule has 1 aliphatic rings. The van der Waals surface area contributed by atoms with Gasteiger partial charge in [0.25, 0.3) is 6.01 Å². The van der Waals surface area contributed by atoms with Gasteiger partial charge in [-0.15, -0.1) is 0 Å². The molecule has 0 atom stereocenters. The molecule has 2 heterocycles. The van der Waals surface area contributed by atoms with E-state index < -0.39 is 6.16 Å². The number of ether oxygens (including phenoxy) is 3. The number of nitrogens with two attached hydrogens (primary N) is 1. The van der Waals surface area contributed by atoms with E-state index in [-0.39, 0.29) is 11.8 Å². The Bertz CT molecular complexity index is 1110. The van der Waals surface area contributed by atoms with E-state index in [2.05, 4.69) is 19.9 Å². The molecule has 0 aliphatic carbocycles. The quantitative estimate of drug-likeness (QED) is 0.236. The predicted octanol–water partition coefficient (Wildman–Crippen LogP) is 4.34. The normalized spacial score (nSPS) is 14.8. The highest BCUT2D eigenvalue weighted by molar-refractivity contribution is 5.77. The summed E-state index contributed by atoms with van der Waals surface area (Å²) in [7, 11) is 0. The molecule has 1 fully saturated rings. The average molecular weight is 471 g/mol. The summed E-state index contributed by atoms with van der Waals surface area (Å²) in [6.45, 7) is 7.55. The van der Waals surface area contributed by atoms with Crippen LogP contribution in [0.2, 0.25) is 0 Å². The number of carboxylic acid groups (broad SMARTS) is 1. The van der Waals surface area contributed by atoms with Crippen molar-refractivity contribution in [2.45, 2.75) is 39.3 Å². The highest BCUT2D eigenvalue weighted by atomic mass is 16.7. The van der Waals surface area contributed by atoms with Crippen molar-refractivity contribution in [2.75, 3.05) is 37.4 Å². The molecule has 4 N–H and O–H groups in total. The van der Waals surface area contributed by atoms with Gasteiger partial charge in [0.1, 0.15) is 28.5 Å². The van der Waals surface area contributed by atoms with Gasteiger partial charge in [0.05, 0.1) is 13.2 Å². The molecule has 34 heavy (non-hydrogen) atoms. The molecular formula is C24H30N4O6. The molecule has 0 saturated carbocycles. The summed E-state index contributed by atoms with van der Waals surface area (Å²) >= 11 is 0. The highest BCUT2D eigenvalue weighted by Crippen LogP contribution is 2.34. The second kappa shape index (κ2) is 10.5. The Morgan fingerprint density at radius 1 is 1.18 bits per heavy atom.